The second-order valence-electron chi connectivity index (χ2n) is 2.71. The molecule has 0 aliphatic carbocycles. The van der Waals surface area contributed by atoms with Crippen molar-refractivity contribution in [3.05, 3.63) is 42.4 Å². The Morgan fingerprint density at radius 1 is 1.36 bits per heavy atom. The molecule has 0 radical (unpaired) electrons. The van der Waals surface area contributed by atoms with Gasteiger partial charge in [0.25, 0.3) is 6.01 Å². The van der Waals surface area contributed by atoms with E-state index in [2.05, 4.69) is 10.8 Å². The number of rotatable bonds is 3. The minimum Gasteiger partial charge on any atom is -0.350 e. The van der Waals surface area contributed by atoms with Crippen molar-refractivity contribution in [1.29, 1.82) is 0 Å². The quantitative estimate of drug-likeness (QED) is 0.574. The summed E-state index contributed by atoms with van der Waals surface area (Å²) in [4.78, 5) is -0.0955. The maximum atomic E-state index is 12.2. The van der Waals surface area contributed by atoms with Crippen molar-refractivity contribution >= 4 is 10.1 Å². The van der Waals surface area contributed by atoms with Crippen molar-refractivity contribution in [2.24, 2.45) is 0 Å². The molecule has 76 valence electrons. The van der Waals surface area contributed by atoms with E-state index >= 15 is 0 Å². The summed E-state index contributed by atoms with van der Waals surface area (Å²) in [5.74, 6) is 0. The van der Waals surface area contributed by atoms with E-state index in [9.17, 15) is 12.8 Å². The smallest absolute Gasteiger partial charge is 0.341 e. The van der Waals surface area contributed by atoms with Crippen LogP contribution in [-0.2, 0) is 14.3 Å². The molecule has 0 atom stereocenters. The second kappa shape index (κ2) is 3.79. The Bertz CT molecular complexity index is 434. The molecule has 0 fully saturated rings. The van der Waals surface area contributed by atoms with Gasteiger partial charge in [-0.1, -0.05) is 17.7 Å². The largest absolute Gasteiger partial charge is 0.350 e. The Labute approximate surface area is 82.0 Å². The van der Waals surface area contributed by atoms with Crippen LogP contribution in [0.5, 0.6) is 0 Å². The lowest BCUT2D eigenvalue weighted by atomic mass is 10.2. The van der Waals surface area contributed by atoms with Crippen LogP contribution in [-0.4, -0.2) is 8.42 Å². The Kier molecular flexibility index (Phi) is 2.90. The molecule has 0 spiro atoms. The molecule has 0 aromatic heterocycles. The van der Waals surface area contributed by atoms with Crippen LogP contribution in [0, 0.1) is 6.92 Å². The molecule has 0 unspecified atom stereocenters. The summed E-state index contributed by atoms with van der Waals surface area (Å²) in [7, 11) is -4.05. The van der Waals surface area contributed by atoms with Crippen molar-refractivity contribution < 1.29 is 17.0 Å². The topological polar surface area (TPSA) is 43.4 Å². The molecule has 5 heteroatoms. The standard InChI is InChI=1S/C9H9FO3S/c1-7-3-5-9(6-4-7)14(11,12)13-8(2)10/h3-6H,2H2,1H3. The maximum Gasteiger partial charge on any atom is 0.341 e. The molecule has 0 heterocycles. The van der Waals surface area contributed by atoms with Gasteiger partial charge in [-0.05, 0) is 25.6 Å². The molecule has 0 amide bonds. The lowest BCUT2D eigenvalue weighted by Crippen LogP contribution is -2.03. The van der Waals surface area contributed by atoms with Gasteiger partial charge >= 0.3 is 10.1 Å². The summed E-state index contributed by atoms with van der Waals surface area (Å²) in [6.07, 6.45) is 0. The first-order valence-corrected chi connectivity index (χ1v) is 5.18. The van der Waals surface area contributed by atoms with E-state index in [1.807, 2.05) is 6.92 Å². The number of hydrogen-bond donors (Lipinski definition) is 0. The van der Waals surface area contributed by atoms with Crippen LogP contribution in [0.15, 0.2) is 41.8 Å². The highest BCUT2D eigenvalue weighted by atomic mass is 32.2. The second-order valence-corrected chi connectivity index (χ2v) is 4.25. The van der Waals surface area contributed by atoms with Crippen LogP contribution >= 0.6 is 0 Å². The van der Waals surface area contributed by atoms with Gasteiger partial charge in [-0.25, -0.2) is 0 Å². The third-order valence-electron chi connectivity index (χ3n) is 1.51. The Morgan fingerprint density at radius 2 is 1.86 bits per heavy atom. The fraction of sp³-hybridized carbons (Fsp3) is 0.111. The molecular formula is C9H9FO3S. The van der Waals surface area contributed by atoms with Crippen LogP contribution in [0.4, 0.5) is 4.39 Å². The predicted molar refractivity (Wildman–Crippen MR) is 49.7 cm³/mol. The predicted octanol–water partition coefficient (Wildman–Crippen LogP) is 2.14. The van der Waals surface area contributed by atoms with Gasteiger partial charge in [0.2, 0.25) is 0 Å². The van der Waals surface area contributed by atoms with Gasteiger partial charge in [0, 0.05) is 0 Å². The van der Waals surface area contributed by atoms with E-state index in [-0.39, 0.29) is 4.90 Å². The molecule has 0 saturated heterocycles. The number of benzene rings is 1. The van der Waals surface area contributed by atoms with Crippen LogP contribution in [0.2, 0.25) is 0 Å². The van der Waals surface area contributed by atoms with Crippen LogP contribution in [0.1, 0.15) is 5.56 Å². The van der Waals surface area contributed by atoms with Gasteiger partial charge in [0.15, 0.2) is 0 Å². The third kappa shape index (κ3) is 2.56. The zero-order valence-corrected chi connectivity index (χ0v) is 8.34. The van der Waals surface area contributed by atoms with Gasteiger partial charge in [0.05, 0.1) is 0 Å². The van der Waals surface area contributed by atoms with E-state index in [0.717, 1.165) is 5.56 Å². The molecule has 0 saturated carbocycles. The minimum absolute atomic E-state index is 0.0955. The fourth-order valence-corrected chi connectivity index (χ4v) is 1.68. The highest BCUT2D eigenvalue weighted by Gasteiger charge is 2.16. The summed E-state index contributed by atoms with van der Waals surface area (Å²) >= 11 is 0. The number of hydrogen-bond acceptors (Lipinski definition) is 3. The molecule has 1 rings (SSSR count). The lowest BCUT2D eigenvalue weighted by Gasteiger charge is -2.03. The first-order chi connectivity index (χ1) is 6.42. The lowest BCUT2D eigenvalue weighted by molar-refractivity contribution is 0.307. The van der Waals surface area contributed by atoms with E-state index in [0.29, 0.717) is 0 Å². The molecule has 0 bridgehead atoms. The molecule has 0 N–H and O–H groups in total. The number of halogens is 1. The third-order valence-corrected chi connectivity index (χ3v) is 2.76. The summed E-state index contributed by atoms with van der Waals surface area (Å²) in [5, 5.41) is 0. The fourth-order valence-electron chi connectivity index (χ4n) is 0.872. The van der Waals surface area contributed by atoms with Crippen molar-refractivity contribution in [2.45, 2.75) is 11.8 Å². The molecule has 14 heavy (non-hydrogen) atoms. The van der Waals surface area contributed by atoms with Crippen molar-refractivity contribution in [3.63, 3.8) is 0 Å². The Hall–Kier alpha value is -1.36. The zero-order valence-electron chi connectivity index (χ0n) is 7.53. The van der Waals surface area contributed by atoms with Gasteiger partial charge < -0.3 is 4.18 Å². The highest BCUT2D eigenvalue weighted by molar-refractivity contribution is 7.86. The van der Waals surface area contributed by atoms with E-state index in [4.69, 9.17) is 0 Å². The molecule has 3 nitrogen and oxygen atoms in total. The molecule has 0 aliphatic heterocycles. The van der Waals surface area contributed by atoms with Crippen LogP contribution < -0.4 is 0 Å². The summed E-state index contributed by atoms with van der Waals surface area (Å²) in [6, 6.07) is 4.53. The highest BCUT2D eigenvalue weighted by Crippen LogP contribution is 2.15. The Morgan fingerprint density at radius 3 is 2.29 bits per heavy atom. The molecule has 1 aromatic carbocycles. The van der Waals surface area contributed by atoms with Crippen molar-refractivity contribution in [2.75, 3.05) is 0 Å². The molecule has 1 aromatic rings. The van der Waals surface area contributed by atoms with E-state index in [1.54, 1.807) is 12.1 Å². The number of aryl methyl sites for hydroxylation is 1. The van der Waals surface area contributed by atoms with Gasteiger partial charge in [-0.2, -0.15) is 12.8 Å². The van der Waals surface area contributed by atoms with Gasteiger partial charge in [-0.15, -0.1) is 0 Å². The van der Waals surface area contributed by atoms with Gasteiger partial charge in [-0.3, -0.25) is 0 Å². The monoisotopic (exact) mass is 216 g/mol. The first kappa shape index (κ1) is 10.7. The zero-order chi connectivity index (χ0) is 10.8. The van der Waals surface area contributed by atoms with E-state index in [1.165, 1.54) is 12.1 Å². The summed E-state index contributed by atoms with van der Waals surface area (Å²) < 4.78 is 38.6. The van der Waals surface area contributed by atoms with Gasteiger partial charge in [0.1, 0.15) is 4.90 Å². The van der Waals surface area contributed by atoms with Crippen LogP contribution in [0.3, 0.4) is 0 Å². The first-order valence-electron chi connectivity index (χ1n) is 3.77. The molecular weight excluding hydrogens is 207 g/mol. The minimum atomic E-state index is -4.05. The van der Waals surface area contributed by atoms with Crippen molar-refractivity contribution in [1.82, 2.24) is 0 Å². The SMILES string of the molecule is C=C(F)OS(=O)(=O)c1ccc(C)cc1. The maximum absolute atomic E-state index is 12.2. The van der Waals surface area contributed by atoms with E-state index < -0.39 is 16.1 Å². The normalized spacial score (nSPS) is 11.0. The average molecular weight is 216 g/mol. The van der Waals surface area contributed by atoms with Crippen LogP contribution in [0.25, 0.3) is 0 Å². The Balaban J connectivity index is 3.05. The summed E-state index contributed by atoms with van der Waals surface area (Å²) in [6.45, 7) is 4.53. The average Bonchev–Trinajstić information content (AvgIpc) is 2.02. The summed E-state index contributed by atoms with van der Waals surface area (Å²) in [5.41, 5.74) is 0.906. The molecule has 0 aliphatic rings. The van der Waals surface area contributed by atoms with Crippen molar-refractivity contribution in [3.8, 4) is 0 Å².